The fourth-order valence-electron chi connectivity index (χ4n) is 1.60. The summed E-state index contributed by atoms with van der Waals surface area (Å²) in [7, 11) is 1.71. The number of rotatable bonds is 11. The Balaban J connectivity index is 2.18. The molecule has 0 spiro atoms. The van der Waals surface area contributed by atoms with Crippen LogP contribution in [0.3, 0.4) is 0 Å². The first-order chi connectivity index (χ1) is 8.88. The molecule has 5 nitrogen and oxygen atoms in total. The lowest BCUT2D eigenvalue weighted by Gasteiger charge is -2.09. The lowest BCUT2D eigenvalue weighted by Crippen LogP contribution is -2.21. The van der Waals surface area contributed by atoms with Gasteiger partial charge in [-0.2, -0.15) is 0 Å². The number of aromatic nitrogens is 2. The molecule has 0 aliphatic heterocycles. The molecule has 0 aromatic carbocycles. The van der Waals surface area contributed by atoms with Crippen LogP contribution in [0.2, 0.25) is 0 Å². The molecule has 1 aromatic heterocycles. The van der Waals surface area contributed by atoms with Gasteiger partial charge in [0.25, 0.3) is 0 Å². The van der Waals surface area contributed by atoms with Gasteiger partial charge in [-0.15, -0.1) is 0 Å². The van der Waals surface area contributed by atoms with Crippen molar-refractivity contribution in [3.05, 3.63) is 18.2 Å². The van der Waals surface area contributed by atoms with Gasteiger partial charge in [0, 0.05) is 39.5 Å². The van der Waals surface area contributed by atoms with Gasteiger partial charge >= 0.3 is 0 Å². The van der Waals surface area contributed by atoms with Crippen LogP contribution in [0.1, 0.15) is 25.5 Å². The molecule has 0 saturated heterocycles. The summed E-state index contributed by atoms with van der Waals surface area (Å²) in [5.74, 6) is 0. The summed E-state index contributed by atoms with van der Waals surface area (Å²) < 4.78 is 12.7. The molecule has 0 aliphatic rings. The van der Waals surface area contributed by atoms with Crippen LogP contribution >= 0.6 is 0 Å². The molecular formula is C13H25N3O2. The van der Waals surface area contributed by atoms with E-state index in [-0.39, 0.29) is 0 Å². The van der Waals surface area contributed by atoms with Crippen LogP contribution in [0.25, 0.3) is 0 Å². The van der Waals surface area contributed by atoms with Crippen LogP contribution < -0.4 is 5.32 Å². The number of methoxy groups -OCH3 is 1. The number of hydrogen-bond acceptors (Lipinski definition) is 4. The lowest BCUT2D eigenvalue weighted by atomic mass is 10.4. The molecule has 104 valence electrons. The molecule has 0 unspecified atom stereocenters. The summed E-state index contributed by atoms with van der Waals surface area (Å²) in [4.78, 5) is 4.17. The predicted octanol–water partition coefficient (Wildman–Crippen LogP) is 1.44. The van der Waals surface area contributed by atoms with Gasteiger partial charge in [-0.25, -0.2) is 4.98 Å². The maximum absolute atomic E-state index is 5.56. The maximum atomic E-state index is 5.56. The molecule has 1 N–H and O–H groups in total. The highest BCUT2D eigenvalue weighted by Gasteiger charge is 2.01. The Morgan fingerprint density at radius 3 is 3.00 bits per heavy atom. The van der Waals surface area contributed by atoms with Gasteiger partial charge in [0.15, 0.2) is 0 Å². The second-order valence-corrected chi connectivity index (χ2v) is 4.21. The highest BCUT2D eigenvalue weighted by atomic mass is 16.5. The number of nitrogens with zero attached hydrogens (tertiary/aromatic N) is 2. The zero-order valence-corrected chi connectivity index (χ0v) is 11.5. The van der Waals surface area contributed by atoms with Crippen molar-refractivity contribution in [3.8, 4) is 0 Å². The summed E-state index contributed by atoms with van der Waals surface area (Å²) in [6.07, 6.45) is 6.07. The third-order valence-corrected chi connectivity index (χ3v) is 2.71. The van der Waals surface area contributed by atoms with Crippen LogP contribution in [0.4, 0.5) is 0 Å². The maximum Gasteiger partial charge on any atom is 0.0949 e. The molecule has 0 radical (unpaired) electrons. The number of unbranched alkanes of at least 4 members (excludes halogenated alkanes) is 1. The van der Waals surface area contributed by atoms with Gasteiger partial charge in [-0.3, -0.25) is 0 Å². The van der Waals surface area contributed by atoms with Gasteiger partial charge < -0.3 is 19.4 Å². The Morgan fingerprint density at radius 1 is 1.33 bits per heavy atom. The Morgan fingerprint density at radius 2 is 2.22 bits per heavy atom. The average molecular weight is 255 g/mol. The summed E-state index contributed by atoms with van der Waals surface area (Å²) in [6.45, 7) is 7.04. The number of ether oxygens (including phenoxy) is 2. The summed E-state index contributed by atoms with van der Waals surface area (Å²) >= 11 is 0. The van der Waals surface area contributed by atoms with Crippen LogP contribution in [0.5, 0.6) is 0 Å². The molecule has 0 aliphatic carbocycles. The third-order valence-electron chi connectivity index (χ3n) is 2.71. The molecule has 1 aromatic rings. The van der Waals surface area contributed by atoms with E-state index >= 15 is 0 Å². The zero-order chi connectivity index (χ0) is 13.1. The van der Waals surface area contributed by atoms with Crippen molar-refractivity contribution in [1.82, 2.24) is 14.9 Å². The first-order valence-electron chi connectivity index (χ1n) is 6.65. The van der Waals surface area contributed by atoms with Crippen molar-refractivity contribution < 1.29 is 9.47 Å². The second kappa shape index (κ2) is 10.1. The van der Waals surface area contributed by atoms with Crippen LogP contribution in [-0.2, 0) is 22.6 Å². The summed E-state index contributed by atoms with van der Waals surface area (Å²) in [5, 5.41) is 3.31. The predicted molar refractivity (Wildman–Crippen MR) is 71.5 cm³/mol. The SMILES string of the molecule is CCCCOCCn1cncc1CNCCOC. The molecule has 18 heavy (non-hydrogen) atoms. The van der Waals surface area contributed by atoms with Crippen molar-refractivity contribution in [2.75, 3.05) is 33.5 Å². The minimum absolute atomic E-state index is 0.730. The zero-order valence-electron chi connectivity index (χ0n) is 11.5. The van der Waals surface area contributed by atoms with E-state index < -0.39 is 0 Å². The first-order valence-corrected chi connectivity index (χ1v) is 6.65. The molecular weight excluding hydrogens is 230 g/mol. The van der Waals surface area contributed by atoms with E-state index in [0.717, 1.165) is 45.9 Å². The molecule has 5 heteroatoms. The summed E-state index contributed by atoms with van der Waals surface area (Å²) in [6, 6.07) is 0. The van der Waals surface area contributed by atoms with Crippen LogP contribution in [0, 0.1) is 0 Å². The number of imidazole rings is 1. The fourth-order valence-corrected chi connectivity index (χ4v) is 1.60. The Kier molecular flexibility index (Phi) is 8.46. The van der Waals surface area contributed by atoms with Crippen molar-refractivity contribution in [3.63, 3.8) is 0 Å². The topological polar surface area (TPSA) is 48.3 Å². The molecule has 0 saturated carbocycles. The van der Waals surface area contributed by atoms with E-state index in [2.05, 4.69) is 21.8 Å². The minimum Gasteiger partial charge on any atom is -0.383 e. The molecule has 1 heterocycles. The summed E-state index contributed by atoms with van der Waals surface area (Å²) in [5.41, 5.74) is 1.19. The normalized spacial score (nSPS) is 11.0. The van der Waals surface area contributed by atoms with Crippen molar-refractivity contribution >= 4 is 0 Å². The molecule has 1 rings (SSSR count). The average Bonchev–Trinajstić information content (AvgIpc) is 2.82. The minimum atomic E-state index is 0.730. The van der Waals surface area contributed by atoms with Gasteiger partial charge in [-0.1, -0.05) is 13.3 Å². The Labute approximate surface area is 109 Å². The van der Waals surface area contributed by atoms with E-state index in [1.165, 1.54) is 12.1 Å². The van der Waals surface area contributed by atoms with Crippen molar-refractivity contribution in [2.24, 2.45) is 0 Å². The van der Waals surface area contributed by atoms with Crippen LogP contribution in [-0.4, -0.2) is 43.0 Å². The van der Waals surface area contributed by atoms with Crippen molar-refractivity contribution in [2.45, 2.75) is 32.9 Å². The van der Waals surface area contributed by atoms with E-state index in [0.29, 0.717) is 0 Å². The van der Waals surface area contributed by atoms with E-state index in [1.54, 1.807) is 7.11 Å². The number of hydrogen-bond donors (Lipinski definition) is 1. The molecule has 0 amide bonds. The highest BCUT2D eigenvalue weighted by molar-refractivity contribution is 4.97. The quantitative estimate of drug-likeness (QED) is 0.608. The molecule has 0 bridgehead atoms. The fraction of sp³-hybridized carbons (Fsp3) is 0.769. The molecule has 0 fully saturated rings. The van der Waals surface area contributed by atoms with Gasteiger partial charge in [-0.05, 0) is 6.42 Å². The lowest BCUT2D eigenvalue weighted by molar-refractivity contribution is 0.123. The Hall–Kier alpha value is -0.910. The smallest absolute Gasteiger partial charge is 0.0949 e. The largest absolute Gasteiger partial charge is 0.383 e. The molecule has 0 atom stereocenters. The third kappa shape index (κ3) is 6.14. The van der Waals surface area contributed by atoms with Gasteiger partial charge in [0.1, 0.15) is 0 Å². The van der Waals surface area contributed by atoms with Gasteiger partial charge in [0.2, 0.25) is 0 Å². The van der Waals surface area contributed by atoms with Crippen LogP contribution in [0.15, 0.2) is 12.5 Å². The first kappa shape index (κ1) is 15.1. The number of nitrogens with one attached hydrogen (secondary N) is 1. The Bertz CT molecular complexity index is 302. The van der Waals surface area contributed by atoms with E-state index in [1.807, 2.05) is 12.5 Å². The second-order valence-electron chi connectivity index (χ2n) is 4.21. The van der Waals surface area contributed by atoms with Crippen molar-refractivity contribution in [1.29, 1.82) is 0 Å². The van der Waals surface area contributed by atoms with E-state index in [9.17, 15) is 0 Å². The van der Waals surface area contributed by atoms with Gasteiger partial charge in [0.05, 0.1) is 25.2 Å². The van der Waals surface area contributed by atoms with E-state index in [4.69, 9.17) is 9.47 Å². The standard InChI is InChI=1S/C13H25N3O2/c1-3-4-7-18-9-6-16-12-15-11-13(16)10-14-5-8-17-2/h11-12,14H,3-10H2,1-2H3. The monoisotopic (exact) mass is 255 g/mol. The highest BCUT2D eigenvalue weighted by Crippen LogP contribution is 1.99.